The summed E-state index contributed by atoms with van der Waals surface area (Å²) in [7, 11) is 0. The second-order valence-electron chi connectivity index (χ2n) is 8.52. The van der Waals surface area contributed by atoms with E-state index in [9.17, 15) is 4.79 Å². The van der Waals surface area contributed by atoms with Crippen LogP contribution < -0.4 is 0 Å². The van der Waals surface area contributed by atoms with Crippen LogP contribution in [0, 0.1) is 0 Å². The number of rotatable bonds is 6. The van der Waals surface area contributed by atoms with Gasteiger partial charge in [0, 0.05) is 41.9 Å². The fourth-order valence-corrected chi connectivity index (χ4v) is 5.52. The zero-order valence-electron chi connectivity index (χ0n) is 17.9. The van der Waals surface area contributed by atoms with Gasteiger partial charge >= 0.3 is 0 Å². The molecule has 2 fully saturated rings. The molecule has 0 saturated carbocycles. The van der Waals surface area contributed by atoms with E-state index in [2.05, 4.69) is 38.8 Å². The molecular weight excluding hydrogens is 410 g/mol. The highest BCUT2D eigenvalue weighted by Crippen LogP contribution is 2.31. The van der Waals surface area contributed by atoms with Crippen molar-refractivity contribution in [1.82, 2.24) is 24.6 Å². The fraction of sp³-hybridized carbons (Fsp3) is 0.522. The number of ether oxygens (including phenoxy) is 1. The first-order valence-electron chi connectivity index (χ1n) is 11.2. The van der Waals surface area contributed by atoms with E-state index < -0.39 is 0 Å². The average Bonchev–Trinajstić information content (AvgIpc) is 3.53. The van der Waals surface area contributed by atoms with Gasteiger partial charge in [0.05, 0.1) is 18.4 Å². The van der Waals surface area contributed by atoms with Crippen LogP contribution in [0.5, 0.6) is 0 Å². The van der Waals surface area contributed by atoms with Gasteiger partial charge in [-0.1, -0.05) is 30.0 Å². The molecule has 2 aliphatic rings. The molecule has 2 saturated heterocycles. The van der Waals surface area contributed by atoms with Crippen LogP contribution >= 0.6 is 11.8 Å². The molecule has 164 valence electrons. The quantitative estimate of drug-likeness (QED) is 0.585. The van der Waals surface area contributed by atoms with Crippen LogP contribution in [-0.2, 0) is 16.1 Å². The molecule has 2 atom stereocenters. The van der Waals surface area contributed by atoms with Crippen molar-refractivity contribution in [3.05, 3.63) is 30.5 Å². The summed E-state index contributed by atoms with van der Waals surface area (Å²) in [6.07, 6.45) is 7.69. The number of benzene rings is 1. The fourth-order valence-electron chi connectivity index (χ4n) is 4.69. The molecule has 2 aliphatic heterocycles. The lowest BCUT2D eigenvalue weighted by molar-refractivity contribution is -0.131. The van der Waals surface area contributed by atoms with Crippen molar-refractivity contribution in [2.75, 3.05) is 18.9 Å². The number of H-pyrrole nitrogens is 1. The zero-order valence-corrected chi connectivity index (χ0v) is 18.7. The third kappa shape index (κ3) is 4.23. The van der Waals surface area contributed by atoms with Gasteiger partial charge in [0.2, 0.25) is 5.91 Å². The molecule has 0 bridgehead atoms. The summed E-state index contributed by atoms with van der Waals surface area (Å²) in [6.45, 7) is 4.53. The summed E-state index contributed by atoms with van der Waals surface area (Å²) in [4.78, 5) is 18.2. The van der Waals surface area contributed by atoms with Gasteiger partial charge in [-0.3, -0.25) is 9.36 Å². The maximum atomic E-state index is 12.9. The number of nitrogens with one attached hydrogen (secondary N) is 1. The van der Waals surface area contributed by atoms with Crippen molar-refractivity contribution in [2.45, 2.75) is 62.9 Å². The number of piperidine rings is 1. The summed E-state index contributed by atoms with van der Waals surface area (Å²) < 4.78 is 8.05. The second kappa shape index (κ2) is 9.04. The third-order valence-corrected chi connectivity index (χ3v) is 7.36. The summed E-state index contributed by atoms with van der Waals surface area (Å²) in [5.74, 6) is 1.41. The van der Waals surface area contributed by atoms with E-state index in [-0.39, 0.29) is 12.0 Å². The summed E-state index contributed by atoms with van der Waals surface area (Å²) in [5, 5.41) is 11.0. The lowest BCUT2D eigenvalue weighted by Gasteiger charge is -2.33. The van der Waals surface area contributed by atoms with Gasteiger partial charge in [-0.15, -0.1) is 10.2 Å². The van der Waals surface area contributed by atoms with E-state index in [4.69, 9.17) is 4.74 Å². The van der Waals surface area contributed by atoms with Crippen molar-refractivity contribution in [1.29, 1.82) is 0 Å². The Bertz CT molecular complexity index is 1060. The Morgan fingerprint density at radius 2 is 2.13 bits per heavy atom. The number of carbonyl (C=O) groups is 1. The largest absolute Gasteiger partial charge is 0.376 e. The number of thioether (sulfide) groups is 1. The molecule has 0 radical (unpaired) electrons. The normalized spacial score (nSPS) is 21.8. The molecule has 0 unspecified atom stereocenters. The first kappa shape index (κ1) is 20.6. The van der Waals surface area contributed by atoms with Crippen LogP contribution in [0.15, 0.2) is 35.6 Å². The van der Waals surface area contributed by atoms with Crippen LogP contribution in [0.2, 0.25) is 0 Å². The van der Waals surface area contributed by atoms with Crippen molar-refractivity contribution in [3.8, 4) is 11.4 Å². The Hall–Kier alpha value is -2.32. The molecule has 4 heterocycles. The molecule has 3 aromatic rings. The number of likely N-dealkylation sites (tertiary alicyclic amines) is 1. The van der Waals surface area contributed by atoms with E-state index in [1.807, 2.05) is 23.2 Å². The number of aromatic amines is 1. The molecule has 1 aromatic carbocycles. The Morgan fingerprint density at radius 3 is 2.97 bits per heavy atom. The number of carbonyl (C=O) groups excluding carboxylic acids is 1. The number of hydrogen-bond acceptors (Lipinski definition) is 5. The molecule has 7 nitrogen and oxygen atoms in total. The standard InChI is InChI=1S/C23H29N5O2S/c1-16-7-4-5-11-27(16)21(29)15-31-23-26-25-22(28(23)14-17-8-6-12-30-17)19-13-24-20-10-3-2-9-18(19)20/h2-3,9-10,13,16-17,24H,4-8,11-12,14-15H2,1H3/t16-,17+/m1/s1. The first-order chi connectivity index (χ1) is 15.2. The van der Waals surface area contributed by atoms with E-state index in [0.29, 0.717) is 18.3 Å². The lowest BCUT2D eigenvalue weighted by atomic mass is 10.0. The molecule has 5 rings (SSSR count). The number of amides is 1. The summed E-state index contributed by atoms with van der Waals surface area (Å²) in [6, 6.07) is 8.55. The van der Waals surface area contributed by atoms with Crippen molar-refractivity contribution in [2.24, 2.45) is 0 Å². The van der Waals surface area contributed by atoms with Gasteiger partial charge in [-0.2, -0.15) is 0 Å². The number of hydrogen-bond donors (Lipinski definition) is 1. The van der Waals surface area contributed by atoms with E-state index in [1.54, 1.807) is 0 Å². The smallest absolute Gasteiger partial charge is 0.233 e. The summed E-state index contributed by atoms with van der Waals surface area (Å²) in [5.41, 5.74) is 2.11. The Kier molecular flexibility index (Phi) is 6.00. The lowest BCUT2D eigenvalue weighted by Crippen LogP contribution is -2.43. The number of para-hydroxylation sites is 1. The minimum Gasteiger partial charge on any atom is -0.376 e. The zero-order chi connectivity index (χ0) is 21.2. The number of fused-ring (bicyclic) bond motifs is 1. The van der Waals surface area contributed by atoms with E-state index in [1.165, 1.54) is 18.2 Å². The highest BCUT2D eigenvalue weighted by atomic mass is 32.2. The van der Waals surface area contributed by atoms with Gasteiger partial charge in [-0.25, -0.2) is 0 Å². The molecule has 2 aromatic heterocycles. The van der Waals surface area contributed by atoms with Gasteiger partial charge in [0.25, 0.3) is 0 Å². The third-order valence-electron chi connectivity index (χ3n) is 6.41. The maximum absolute atomic E-state index is 12.9. The Labute approximate surface area is 186 Å². The topological polar surface area (TPSA) is 76.0 Å². The van der Waals surface area contributed by atoms with E-state index >= 15 is 0 Å². The molecule has 1 amide bonds. The van der Waals surface area contributed by atoms with Crippen molar-refractivity contribution in [3.63, 3.8) is 0 Å². The monoisotopic (exact) mass is 439 g/mol. The average molecular weight is 440 g/mol. The number of nitrogens with zero attached hydrogens (tertiary/aromatic N) is 4. The molecule has 0 spiro atoms. The summed E-state index contributed by atoms with van der Waals surface area (Å²) >= 11 is 1.49. The number of aromatic nitrogens is 4. The Balaban J connectivity index is 1.41. The molecule has 0 aliphatic carbocycles. The van der Waals surface area contributed by atoms with Crippen LogP contribution in [0.25, 0.3) is 22.3 Å². The van der Waals surface area contributed by atoms with Crippen molar-refractivity contribution < 1.29 is 9.53 Å². The highest BCUT2D eigenvalue weighted by Gasteiger charge is 2.26. The van der Waals surface area contributed by atoms with Crippen LogP contribution in [0.3, 0.4) is 0 Å². The predicted octanol–water partition coefficient (Wildman–Crippen LogP) is 4.10. The van der Waals surface area contributed by atoms with Crippen LogP contribution in [0.4, 0.5) is 0 Å². The molecule has 8 heteroatoms. The second-order valence-corrected chi connectivity index (χ2v) is 9.46. The SMILES string of the molecule is C[C@@H]1CCCCN1C(=O)CSc1nnc(-c2c[nH]c3ccccc23)n1C[C@@H]1CCCO1. The predicted molar refractivity (Wildman–Crippen MR) is 122 cm³/mol. The molecule has 1 N–H and O–H groups in total. The van der Waals surface area contributed by atoms with Gasteiger partial charge in [0.15, 0.2) is 11.0 Å². The van der Waals surface area contributed by atoms with E-state index in [0.717, 1.165) is 66.3 Å². The molecular formula is C23H29N5O2S. The highest BCUT2D eigenvalue weighted by molar-refractivity contribution is 7.99. The molecule has 31 heavy (non-hydrogen) atoms. The first-order valence-corrected chi connectivity index (χ1v) is 12.2. The van der Waals surface area contributed by atoms with Gasteiger partial charge < -0.3 is 14.6 Å². The Morgan fingerprint density at radius 1 is 1.23 bits per heavy atom. The van der Waals surface area contributed by atoms with Crippen LogP contribution in [-0.4, -0.2) is 61.6 Å². The minimum absolute atomic E-state index is 0.164. The van der Waals surface area contributed by atoms with Gasteiger partial charge in [-0.05, 0) is 45.1 Å². The maximum Gasteiger partial charge on any atom is 0.233 e. The minimum atomic E-state index is 0.164. The van der Waals surface area contributed by atoms with Crippen molar-refractivity contribution >= 4 is 28.6 Å². The van der Waals surface area contributed by atoms with Crippen LogP contribution in [0.1, 0.15) is 39.0 Å². The van der Waals surface area contributed by atoms with Gasteiger partial charge in [0.1, 0.15) is 0 Å².